The van der Waals surface area contributed by atoms with Gasteiger partial charge in [0, 0.05) is 19.6 Å². The van der Waals surface area contributed by atoms with E-state index >= 15 is 0 Å². The lowest BCUT2D eigenvalue weighted by Gasteiger charge is -2.10. The van der Waals surface area contributed by atoms with Gasteiger partial charge in [0.2, 0.25) is 21.1 Å². The number of nitrogens with zero attached hydrogens (tertiary/aromatic N) is 2. The Bertz CT molecular complexity index is 596. The first-order valence-corrected chi connectivity index (χ1v) is 9.66. The van der Waals surface area contributed by atoms with Crippen LogP contribution < -0.4 is 10.0 Å². The van der Waals surface area contributed by atoms with Crippen LogP contribution in [0.15, 0.2) is 0 Å². The molecule has 124 valence electrons. The number of aryl methyl sites for hydroxylation is 1. The molecule has 22 heavy (non-hydrogen) atoms. The fraction of sp³-hybridized carbons (Fsp3) is 0.750. The molecule has 2 N–H and O–H groups in total. The number of rotatable bonds is 8. The molecule has 0 aromatic carbocycles. The lowest BCUT2D eigenvalue weighted by molar-refractivity contribution is -0.113. The van der Waals surface area contributed by atoms with Gasteiger partial charge in [0.25, 0.3) is 0 Å². The summed E-state index contributed by atoms with van der Waals surface area (Å²) in [4.78, 5) is 11.8. The first-order valence-electron chi connectivity index (χ1n) is 7.19. The van der Waals surface area contributed by atoms with Crippen LogP contribution in [-0.4, -0.2) is 49.5 Å². The van der Waals surface area contributed by atoms with Crippen molar-refractivity contribution in [2.75, 3.05) is 24.2 Å². The van der Waals surface area contributed by atoms with Crippen molar-refractivity contribution in [2.24, 2.45) is 0 Å². The van der Waals surface area contributed by atoms with Crippen LogP contribution in [0.4, 0.5) is 5.13 Å². The molecule has 1 aliphatic heterocycles. The second kappa shape index (κ2) is 7.95. The molecule has 1 amide bonds. The summed E-state index contributed by atoms with van der Waals surface area (Å²) in [5.74, 6) is -1.26. The molecule has 0 aliphatic carbocycles. The van der Waals surface area contributed by atoms with Crippen molar-refractivity contribution in [3.63, 3.8) is 0 Å². The third-order valence-corrected chi connectivity index (χ3v) is 5.20. The van der Waals surface area contributed by atoms with Gasteiger partial charge in [0.15, 0.2) is 0 Å². The second-order valence-corrected chi connectivity index (χ2v) is 7.91. The Morgan fingerprint density at radius 1 is 1.45 bits per heavy atom. The van der Waals surface area contributed by atoms with Gasteiger partial charge >= 0.3 is 0 Å². The summed E-state index contributed by atoms with van der Waals surface area (Å²) in [5.41, 5.74) is 0. The van der Waals surface area contributed by atoms with Crippen molar-refractivity contribution in [1.82, 2.24) is 14.9 Å². The van der Waals surface area contributed by atoms with Crippen LogP contribution in [0.2, 0.25) is 0 Å². The quantitative estimate of drug-likeness (QED) is 0.709. The summed E-state index contributed by atoms with van der Waals surface area (Å²) < 4.78 is 31.4. The maximum absolute atomic E-state index is 11.8. The highest BCUT2D eigenvalue weighted by Gasteiger charge is 2.21. The fourth-order valence-corrected chi connectivity index (χ4v) is 3.84. The summed E-state index contributed by atoms with van der Waals surface area (Å²) in [6, 6.07) is 0. The Hall–Kier alpha value is -1.10. The molecule has 0 bridgehead atoms. The van der Waals surface area contributed by atoms with Crippen molar-refractivity contribution in [3.05, 3.63) is 5.01 Å². The zero-order valence-corrected chi connectivity index (χ0v) is 14.0. The van der Waals surface area contributed by atoms with E-state index in [0.717, 1.165) is 30.7 Å². The van der Waals surface area contributed by atoms with Crippen LogP contribution in [0.25, 0.3) is 0 Å². The minimum Gasteiger partial charge on any atom is -0.377 e. The van der Waals surface area contributed by atoms with E-state index in [1.807, 2.05) is 6.92 Å². The molecule has 0 spiro atoms. The highest BCUT2D eigenvalue weighted by Crippen LogP contribution is 2.16. The average Bonchev–Trinajstić information content (AvgIpc) is 3.08. The second-order valence-electron chi connectivity index (χ2n) is 5.04. The van der Waals surface area contributed by atoms with E-state index in [4.69, 9.17) is 4.74 Å². The standard InChI is InChI=1S/C12H20N4O4S2/c1-2-4-11-15-16-12(21-11)14-10(17)8-22(18,19)13-7-9-5-3-6-20-9/h9,13H,2-8H2,1H3,(H,14,16,17)/t9-/m0/s1. The molecular formula is C12H20N4O4S2. The monoisotopic (exact) mass is 348 g/mol. The molecule has 2 rings (SSSR count). The summed E-state index contributed by atoms with van der Waals surface area (Å²) in [6.07, 6.45) is 3.39. The third kappa shape index (κ3) is 5.59. The molecule has 0 unspecified atom stereocenters. The Balaban J connectivity index is 1.78. The van der Waals surface area contributed by atoms with Crippen LogP contribution in [0.5, 0.6) is 0 Å². The zero-order chi connectivity index (χ0) is 16.0. The van der Waals surface area contributed by atoms with Gasteiger partial charge in [-0.15, -0.1) is 10.2 Å². The summed E-state index contributed by atoms with van der Waals surface area (Å²) in [6.45, 7) is 2.88. The molecule has 1 atom stereocenters. The van der Waals surface area contributed by atoms with Crippen LogP contribution in [-0.2, 0) is 26.0 Å². The molecule has 1 saturated heterocycles. The number of ether oxygens (including phenoxy) is 1. The van der Waals surface area contributed by atoms with Crippen molar-refractivity contribution in [3.8, 4) is 0 Å². The van der Waals surface area contributed by atoms with E-state index in [9.17, 15) is 13.2 Å². The van der Waals surface area contributed by atoms with Crippen molar-refractivity contribution in [2.45, 2.75) is 38.7 Å². The number of carbonyl (C=O) groups is 1. The lowest BCUT2D eigenvalue weighted by Crippen LogP contribution is -2.37. The first-order chi connectivity index (χ1) is 10.5. The maximum Gasteiger partial charge on any atom is 0.242 e. The Morgan fingerprint density at radius 2 is 2.27 bits per heavy atom. The van der Waals surface area contributed by atoms with Gasteiger partial charge in [-0.25, -0.2) is 13.1 Å². The molecular weight excluding hydrogens is 328 g/mol. The zero-order valence-electron chi connectivity index (χ0n) is 12.4. The van der Waals surface area contributed by atoms with Crippen molar-refractivity contribution in [1.29, 1.82) is 0 Å². The molecule has 0 saturated carbocycles. The number of hydrogen-bond acceptors (Lipinski definition) is 7. The average molecular weight is 348 g/mol. The Labute approximate surface area is 133 Å². The SMILES string of the molecule is CCCc1nnc(NC(=O)CS(=O)(=O)NC[C@@H]2CCCO2)s1. The molecule has 2 heterocycles. The van der Waals surface area contributed by atoms with Crippen LogP contribution in [0.1, 0.15) is 31.2 Å². The normalized spacial score (nSPS) is 18.5. The Kier molecular flexibility index (Phi) is 6.24. The molecule has 8 nitrogen and oxygen atoms in total. The Morgan fingerprint density at radius 3 is 2.95 bits per heavy atom. The highest BCUT2D eigenvalue weighted by molar-refractivity contribution is 7.90. The van der Waals surface area contributed by atoms with E-state index in [0.29, 0.717) is 11.7 Å². The van der Waals surface area contributed by atoms with Gasteiger partial charge in [0.1, 0.15) is 10.8 Å². The summed E-state index contributed by atoms with van der Waals surface area (Å²) >= 11 is 1.26. The molecule has 1 fully saturated rings. The largest absolute Gasteiger partial charge is 0.377 e. The molecule has 10 heteroatoms. The van der Waals surface area contributed by atoms with Crippen LogP contribution in [0.3, 0.4) is 0 Å². The van der Waals surface area contributed by atoms with Gasteiger partial charge in [0.05, 0.1) is 6.10 Å². The number of anilines is 1. The molecule has 1 aromatic rings. The lowest BCUT2D eigenvalue weighted by atomic mass is 10.2. The summed E-state index contributed by atoms with van der Waals surface area (Å²) in [5, 5.41) is 11.3. The molecule has 0 radical (unpaired) electrons. The minimum atomic E-state index is -3.68. The smallest absolute Gasteiger partial charge is 0.242 e. The van der Waals surface area contributed by atoms with Gasteiger partial charge < -0.3 is 4.74 Å². The number of sulfonamides is 1. The minimum absolute atomic E-state index is 0.0994. The topological polar surface area (TPSA) is 110 Å². The van der Waals surface area contributed by atoms with Crippen LogP contribution in [0, 0.1) is 0 Å². The van der Waals surface area contributed by atoms with E-state index in [-0.39, 0.29) is 12.6 Å². The van der Waals surface area contributed by atoms with Crippen molar-refractivity contribution >= 4 is 32.4 Å². The summed E-state index contributed by atoms with van der Waals surface area (Å²) in [7, 11) is -3.68. The first kappa shape index (κ1) is 17.3. The third-order valence-electron chi connectivity index (χ3n) is 3.05. The van der Waals surface area contributed by atoms with Crippen LogP contribution >= 0.6 is 11.3 Å². The number of amides is 1. The van der Waals surface area contributed by atoms with E-state index < -0.39 is 21.7 Å². The predicted octanol–water partition coefficient (Wildman–Crippen LogP) is 0.527. The van der Waals surface area contributed by atoms with Gasteiger partial charge in [-0.3, -0.25) is 10.1 Å². The maximum atomic E-state index is 11.8. The number of nitrogens with one attached hydrogen (secondary N) is 2. The van der Waals surface area contributed by atoms with Crippen molar-refractivity contribution < 1.29 is 17.9 Å². The predicted molar refractivity (Wildman–Crippen MR) is 83.3 cm³/mol. The molecule has 1 aromatic heterocycles. The van der Waals surface area contributed by atoms with E-state index in [1.54, 1.807) is 0 Å². The number of hydrogen-bond donors (Lipinski definition) is 2. The van der Waals surface area contributed by atoms with Gasteiger partial charge in [-0.05, 0) is 19.3 Å². The number of aromatic nitrogens is 2. The van der Waals surface area contributed by atoms with E-state index in [2.05, 4.69) is 20.2 Å². The highest BCUT2D eigenvalue weighted by atomic mass is 32.2. The molecule has 1 aliphatic rings. The van der Waals surface area contributed by atoms with Gasteiger partial charge in [-0.2, -0.15) is 0 Å². The van der Waals surface area contributed by atoms with E-state index in [1.165, 1.54) is 11.3 Å². The fourth-order valence-electron chi connectivity index (χ4n) is 2.02. The number of carbonyl (C=O) groups excluding carboxylic acids is 1. The van der Waals surface area contributed by atoms with Gasteiger partial charge in [-0.1, -0.05) is 18.3 Å².